The molecule has 72 valence electrons. The number of aromatic amines is 1. The SMILES string of the molecule is COc1ccc(-c2coc(=S)[nH]2)cc1. The zero-order valence-electron chi connectivity index (χ0n) is 7.61. The Morgan fingerprint density at radius 1 is 1.29 bits per heavy atom. The van der Waals surface area contributed by atoms with Gasteiger partial charge in [-0.2, -0.15) is 0 Å². The van der Waals surface area contributed by atoms with Crippen molar-refractivity contribution in [3.05, 3.63) is 35.4 Å². The van der Waals surface area contributed by atoms with Gasteiger partial charge in [0.25, 0.3) is 4.84 Å². The lowest BCUT2D eigenvalue weighted by atomic mass is 10.2. The van der Waals surface area contributed by atoms with E-state index in [1.54, 1.807) is 13.4 Å². The molecule has 0 atom stereocenters. The molecular formula is C10H9NO2S. The molecule has 0 aliphatic carbocycles. The van der Waals surface area contributed by atoms with Gasteiger partial charge in [0.2, 0.25) is 0 Å². The van der Waals surface area contributed by atoms with Crippen LogP contribution in [0.15, 0.2) is 34.9 Å². The van der Waals surface area contributed by atoms with E-state index in [2.05, 4.69) is 4.98 Å². The van der Waals surface area contributed by atoms with Gasteiger partial charge >= 0.3 is 0 Å². The third-order valence-corrected chi connectivity index (χ3v) is 2.12. The fourth-order valence-corrected chi connectivity index (χ4v) is 1.35. The molecule has 0 bridgehead atoms. The number of hydrogen-bond donors (Lipinski definition) is 1. The molecule has 0 fully saturated rings. The minimum absolute atomic E-state index is 0.385. The van der Waals surface area contributed by atoms with Crippen LogP contribution in [-0.4, -0.2) is 12.1 Å². The molecule has 1 heterocycles. The topological polar surface area (TPSA) is 38.2 Å². The van der Waals surface area contributed by atoms with Crippen LogP contribution in [0, 0.1) is 4.84 Å². The van der Waals surface area contributed by atoms with E-state index >= 15 is 0 Å². The van der Waals surface area contributed by atoms with E-state index in [0.717, 1.165) is 17.0 Å². The largest absolute Gasteiger partial charge is 0.497 e. The monoisotopic (exact) mass is 207 g/mol. The highest BCUT2D eigenvalue weighted by atomic mass is 32.1. The van der Waals surface area contributed by atoms with Crippen LogP contribution in [0.2, 0.25) is 0 Å². The number of methoxy groups -OCH3 is 1. The van der Waals surface area contributed by atoms with Crippen molar-refractivity contribution in [2.45, 2.75) is 0 Å². The van der Waals surface area contributed by atoms with Gasteiger partial charge < -0.3 is 14.1 Å². The smallest absolute Gasteiger partial charge is 0.266 e. The molecule has 0 saturated carbocycles. The van der Waals surface area contributed by atoms with Crippen LogP contribution in [0.3, 0.4) is 0 Å². The third kappa shape index (κ3) is 1.70. The predicted molar refractivity (Wildman–Crippen MR) is 55.9 cm³/mol. The van der Waals surface area contributed by atoms with E-state index in [-0.39, 0.29) is 0 Å². The summed E-state index contributed by atoms with van der Waals surface area (Å²) in [5.41, 5.74) is 1.89. The van der Waals surface area contributed by atoms with Crippen LogP contribution in [0.25, 0.3) is 11.3 Å². The van der Waals surface area contributed by atoms with Crippen LogP contribution in [0.5, 0.6) is 5.75 Å². The van der Waals surface area contributed by atoms with E-state index in [1.807, 2.05) is 24.3 Å². The number of H-pyrrole nitrogens is 1. The number of aromatic nitrogens is 1. The Hall–Kier alpha value is -1.55. The van der Waals surface area contributed by atoms with Gasteiger partial charge in [-0.1, -0.05) is 0 Å². The normalized spacial score (nSPS) is 10.1. The van der Waals surface area contributed by atoms with Gasteiger partial charge in [-0.25, -0.2) is 0 Å². The molecule has 0 amide bonds. The highest BCUT2D eigenvalue weighted by Gasteiger charge is 1.99. The summed E-state index contributed by atoms with van der Waals surface area (Å²) in [7, 11) is 1.64. The minimum Gasteiger partial charge on any atom is -0.497 e. The highest BCUT2D eigenvalue weighted by Crippen LogP contribution is 2.20. The van der Waals surface area contributed by atoms with Gasteiger partial charge in [0.15, 0.2) is 0 Å². The molecule has 2 rings (SSSR count). The second-order valence-electron chi connectivity index (χ2n) is 2.79. The van der Waals surface area contributed by atoms with Crippen LogP contribution in [-0.2, 0) is 0 Å². The second-order valence-corrected chi connectivity index (χ2v) is 3.16. The molecule has 0 spiro atoms. The lowest BCUT2D eigenvalue weighted by molar-refractivity contribution is 0.415. The molecule has 0 saturated heterocycles. The van der Waals surface area contributed by atoms with Gasteiger partial charge in [0.05, 0.1) is 12.8 Å². The first-order chi connectivity index (χ1) is 6.79. The molecule has 0 radical (unpaired) electrons. The van der Waals surface area contributed by atoms with E-state index in [9.17, 15) is 0 Å². The van der Waals surface area contributed by atoms with E-state index < -0.39 is 0 Å². The number of rotatable bonds is 2. The molecule has 0 unspecified atom stereocenters. The summed E-state index contributed by atoms with van der Waals surface area (Å²) >= 11 is 4.83. The maximum absolute atomic E-state index is 5.06. The lowest BCUT2D eigenvalue weighted by Gasteiger charge is -1.99. The second kappa shape index (κ2) is 3.67. The van der Waals surface area contributed by atoms with Gasteiger partial charge in [-0.3, -0.25) is 0 Å². The van der Waals surface area contributed by atoms with E-state index in [1.165, 1.54) is 0 Å². The summed E-state index contributed by atoms with van der Waals surface area (Å²) in [5.74, 6) is 0.829. The molecule has 14 heavy (non-hydrogen) atoms. The summed E-state index contributed by atoms with van der Waals surface area (Å²) in [5, 5.41) is 0. The van der Waals surface area contributed by atoms with Crippen molar-refractivity contribution in [1.29, 1.82) is 0 Å². The number of ether oxygens (including phenoxy) is 1. The summed E-state index contributed by atoms with van der Waals surface area (Å²) < 4.78 is 10.1. The Bertz CT molecular complexity index is 469. The maximum atomic E-state index is 5.06. The quantitative estimate of drug-likeness (QED) is 0.769. The number of hydrogen-bond acceptors (Lipinski definition) is 3. The minimum atomic E-state index is 0.385. The van der Waals surface area contributed by atoms with Crippen LogP contribution < -0.4 is 4.74 Å². The summed E-state index contributed by atoms with van der Waals surface area (Å²) in [4.78, 5) is 3.32. The first-order valence-electron chi connectivity index (χ1n) is 4.12. The molecular weight excluding hydrogens is 198 g/mol. The van der Waals surface area contributed by atoms with Gasteiger partial charge in [-0.15, -0.1) is 0 Å². The standard InChI is InChI=1S/C10H9NO2S/c1-12-8-4-2-7(3-5-8)9-6-13-10(14)11-9/h2-6H,1H3,(H,11,14). The van der Waals surface area contributed by atoms with E-state index in [0.29, 0.717) is 4.84 Å². The average Bonchev–Trinajstić information content (AvgIpc) is 2.65. The zero-order valence-corrected chi connectivity index (χ0v) is 8.43. The van der Waals surface area contributed by atoms with Gasteiger partial charge in [-0.05, 0) is 36.5 Å². The summed E-state index contributed by atoms with van der Waals surface area (Å²) in [6.45, 7) is 0. The molecule has 3 nitrogen and oxygen atoms in total. The lowest BCUT2D eigenvalue weighted by Crippen LogP contribution is -1.82. The Morgan fingerprint density at radius 3 is 2.50 bits per heavy atom. The average molecular weight is 207 g/mol. The van der Waals surface area contributed by atoms with Crippen molar-refractivity contribution in [1.82, 2.24) is 4.98 Å². The molecule has 1 N–H and O–H groups in total. The molecule has 1 aromatic heterocycles. The fourth-order valence-electron chi connectivity index (χ4n) is 1.19. The summed E-state index contributed by atoms with van der Waals surface area (Å²) in [6, 6.07) is 7.66. The molecule has 2 aromatic rings. The van der Waals surface area contributed by atoms with Crippen molar-refractivity contribution in [3.8, 4) is 17.0 Å². The molecule has 4 heteroatoms. The highest BCUT2D eigenvalue weighted by molar-refractivity contribution is 7.71. The van der Waals surface area contributed by atoms with Crippen molar-refractivity contribution < 1.29 is 9.15 Å². The van der Waals surface area contributed by atoms with Crippen LogP contribution in [0.4, 0.5) is 0 Å². The van der Waals surface area contributed by atoms with Crippen LogP contribution >= 0.6 is 12.2 Å². The van der Waals surface area contributed by atoms with Crippen molar-refractivity contribution >= 4 is 12.2 Å². The Labute approximate surface area is 86.3 Å². The third-order valence-electron chi connectivity index (χ3n) is 1.92. The summed E-state index contributed by atoms with van der Waals surface area (Å²) in [6.07, 6.45) is 1.60. The first kappa shape index (κ1) is 9.02. The number of nitrogens with one attached hydrogen (secondary N) is 1. The maximum Gasteiger partial charge on any atom is 0.266 e. The van der Waals surface area contributed by atoms with Crippen molar-refractivity contribution in [2.75, 3.05) is 7.11 Å². The van der Waals surface area contributed by atoms with E-state index in [4.69, 9.17) is 21.4 Å². The predicted octanol–water partition coefficient (Wildman–Crippen LogP) is 3.01. The zero-order chi connectivity index (χ0) is 9.97. The van der Waals surface area contributed by atoms with Gasteiger partial charge in [0.1, 0.15) is 12.0 Å². The molecule has 1 aromatic carbocycles. The number of oxazole rings is 1. The Morgan fingerprint density at radius 2 is 2.00 bits per heavy atom. The molecule has 0 aliphatic rings. The Balaban J connectivity index is 2.38. The fraction of sp³-hybridized carbons (Fsp3) is 0.100. The number of benzene rings is 1. The Kier molecular flexibility index (Phi) is 2.37. The first-order valence-corrected chi connectivity index (χ1v) is 4.52. The van der Waals surface area contributed by atoms with Crippen molar-refractivity contribution in [3.63, 3.8) is 0 Å². The van der Waals surface area contributed by atoms with Crippen LogP contribution in [0.1, 0.15) is 0 Å². The van der Waals surface area contributed by atoms with Crippen molar-refractivity contribution in [2.24, 2.45) is 0 Å². The molecule has 0 aliphatic heterocycles. The van der Waals surface area contributed by atoms with Gasteiger partial charge in [0, 0.05) is 5.56 Å².